The molecule has 0 unspecified atom stereocenters. The quantitative estimate of drug-likeness (QED) is 0.843. The van der Waals surface area contributed by atoms with Gasteiger partial charge in [-0.3, -0.25) is 0 Å². The fraction of sp³-hybridized carbons (Fsp3) is 0.636. The number of nitrogens with two attached hydrogens (primary N) is 1. The number of nitrogens with one attached hydrogen (secondary N) is 1. The Balaban J connectivity index is 2.57. The van der Waals surface area contributed by atoms with Crippen LogP contribution in [0.25, 0.3) is 0 Å². The van der Waals surface area contributed by atoms with Gasteiger partial charge in [0.2, 0.25) is 5.95 Å². The first kappa shape index (κ1) is 14.2. The second kappa shape index (κ2) is 6.16. The number of ether oxygens (including phenoxy) is 1. The van der Waals surface area contributed by atoms with Crippen LogP contribution in [0.4, 0.5) is 11.8 Å². The predicted molar refractivity (Wildman–Crippen MR) is 72.9 cm³/mol. The van der Waals surface area contributed by atoms with Crippen LogP contribution in [-0.2, 0) is 4.74 Å². The first-order valence-electron chi connectivity index (χ1n) is 5.45. The number of nitrogens with zero attached hydrogens (tertiary/aromatic N) is 2. The second-order valence-electron chi connectivity index (χ2n) is 4.69. The van der Waals surface area contributed by atoms with Gasteiger partial charge in [-0.2, -0.15) is 4.98 Å². The molecule has 0 saturated carbocycles. The second-order valence-corrected chi connectivity index (χ2v) is 5.54. The molecule has 0 spiro atoms. The number of methoxy groups -OCH3 is 1. The molecule has 1 aromatic heterocycles. The monoisotopic (exact) mass is 302 g/mol. The lowest BCUT2D eigenvalue weighted by atomic mass is 9.90. The Morgan fingerprint density at radius 3 is 2.88 bits per heavy atom. The van der Waals surface area contributed by atoms with Crippen LogP contribution in [0.5, 0.6) is 0 Å². The van der Waals surface area contributed by atoms with E-state index in [0.717, 1.165) is 29.9 Å². The van der Waals surface area contributed by atoms with Crippen molar-refractivity contribution in [2.24, 2.45) is 5.41 Å². The predicted octanol–water partition coefficient (Wildman–Crippen LogP) is 2.30. The van der Waals surface area contributed by atoms with Crippen molar-refractivity contribution in [3.63, 3.8) is 0 Å². The standard InChI is InChI=1S/C11H19BrN4O/c1-11(2,4-5-17-3)7-15-9-8(12)6-14-10(13)16-9/h6H,4-5,7H2,1-3H3,(H3,13,14,15,16). The topological polar surface area (TPSA) is 73.1 Å². The number of aromatic nitrogens is 2. The van der Waals surface area contributed by atoms with Crippen LogP contribution >= 0.6 is 15.9 Å². The maximum Gasteiger partial charge on any atom is 0.221 e. The summed E-state index contributed by atoms with van der Waals surface area (Å²) >= 11 is 3.38. The van der Waals surface area contributed by atoms with E-state index in [1.807, 2.05) is 0 Å². The van der Waals surface area contributed by atoms with Crippen LogP contribution in [0.1, 0.15) is 20.3 Å². The maximum absolute atomic E-state index is 5.54. The summed E-state index contributed by atoms with van der Waals surface area (Å²) in [5, 5.41) is 3.27. The minimum absolute atomic E-state index is 0.134. The van der Waals surface area contributed by atoms with E-state index in [4.69, 9.17) is 10.5 Å². The van der Waals surface area contributed by atoms with Gasteiger partial charge < -0.3 is 15.8 Å². The number of hydrogen-bond acceptors (Lipinski definition) is 5. The summed E-state index contributed by atoms with van der Waals surface area (Å²) in [5.74, 6) is 0.994. The summed E-state index contributed by atoms with van der Waals surface area (Å²) in [6.07, 6.45) is 2.63. The van der Waals surface area contributed by atoms with Crippen LogP contribution in [-0.4, -0.2) is 30.2 Å². The molecule has 5 nitrogen and oxygen atoms in total. The third kappa shape index (κ3) is 4.87. The lowest BCUT2D eigenvalue weighted by Gasteiger charge is -2.25. The zero-order chi connectivity index (χ0) is 12.9. The molecule has 0 aromatic carbocycles. The maximum atomic E-state index is 5.54. The first-order valence-corrected chi connectivity index (χ1v) is 6.25. The Labute approximate surface area is 110 Å². The average molecular weight is 303 g/mol. The molecule has 1 rings (SSSR count). The molecule has 0 aliphatic rings. The van der Waals surface area contributed by atoms with E-state index >= 15 is 0 Å². The Hall–Kier alpha value is -0.880. The Bertz CT molecular complexity index is 370. The largest absolute Gasteiger partial charge is 0.385 e. The SMILES string of the molecule is COCCC(C)(C)CNc1nc(N)ncc1Br. The van der Waals surface area contributed by atoms with Crippen molar-refractivity contribution < 1.29 is 4.74 Å². The fourth-order valence-corrected chi connectivity index (χ4v) is 1.63. The van der Waals surface area contributed by atoms with Crippen LogP contribution < -0.4 is 11.1 Å². The van der Waals surface area contributed by atoms with E-state index in [2.05, 4.69) is 45.1 Å². The van der Waals surface area contributed by atoms with E-state index in [1.54, 1.807) is 13.3 Å². The summed E-state index contributed by atoms with van der Waals surface area (Å²) < 4.78 is 5.90. The minimum atomic E-state index is 0.134. The molecular formula is C11H19BrN4O. The van der Waals surface area contributed by atoms with E-state index < -0.39 is 0 Å². The van der Waals surface area contributed by atoms with Crippen molar-refractivity contribution in [1.82, 2.24) is 9.97 Å². The van der Waals surface area contributed by atoms with Crippen molar-refractivity contribution in [1.29, 1.82) is 0 Å². The smallest absolute Gasteiger partial charge is 0.221 e. The minimum Gasteiger partial charge on any atom is -0.385 e. The number of hydrogen-bond donors (Lipinski definition) is 2. The number of halogens is 1. The molecule has 0 saturated heterocycles. The molecule has 96 valence electrons. The van der Waals surface area contributed by atoms with E-state index in [0.29, 0.717) is 0 Å². The van der Waals surface area contributed by atoms with Crippen LogP contribution in [0.2, 0.25) is 0 Å². The van der Waals surface area contributed by atoms with Crippen molar-refractivity contribution in [3.8, 4) is 0 Å². The average Bonchev–Trinajstić information content (AvgIpc) is 2.28. The molecule has 0 fully saturated rings. The molecule has 0 aliphatic carbocycles. The van der Waals surface area contributed by atoms with Gasteiger partial charge in [0.25, 0.3) is 0 Å². The van der Waals surface area contributed by atoms with E-state index in [1.165, 1.54) is 0 Å². The molecule has 0 aliphatic heterocycles. The van der Waals surface area contributed by atoms with Crippen molar-refractivity contribution >= 4 is 27.7 Å². The molecule has 6 heteroatoms. The van der Waals surface area contributed by atoms with Gasteiger partial charge >= 0.3 is 0 Å². The van der Waals surface area contributed by atoms with Crippen molar-refractivity contribution in [2.45, 2.75) is 20.3 Å². The summed E-state index contributed by atoms with van der Waals surface area (Å²) in [6, 6.07) is 0. The Morgan fingerprint density at radius 1 is 1.53 bits per heavy atom. The van der Waals surface area contributed by atoms with Crippen LogP contribution in [0.3, 0.4) is 0 Å². The molecule has 0 bridgehead atoms. The summed E-state index contributed by atoms with van der Waals surface area (Å²) in [7, 11) is 1.71. The lowest BCUT2D eigenvalue weighted by Crippen LogP contribution is -2.25. The Kier molecular flexibility index (Phi) is 5.14. The molecular weight excluding hydrogens is 284 g/mol. The highest BCUT2D eigenvalue weighted by atomic mass is 79.9. The van der Waals surface area contributed by atoms with Crippen LogP contribution in [0.15, 0.2) is 10.7 Å². The third-order valence-electron chi connectivity index (χ3n) is 2.48. The van der Waals surface area contributed by atoms with Gasteiger partial charge in [-0.15, -0.1) is 0 Å². The molecule has 0 amide bonds. The molecule has 17 heavy (non-hydrogen) atoms. The molecule has 1 aromatic rings. The highest BCUT2D eigenvalue weighted by Gasteiger charge is 2.18. The highest BCUT2D eigenvalue weighted by Crippen LogP contribution is 2.24. The number of anilines is 2. The first-order chi connectivity index (χ1) is 7.94. The van der Waals surface area contributed by atoms with Gasteiger partial charge in [0.05, 0.1) is 4.47 Å². The highest BCUT2D eigenvalue weighted by molar-refractivity contribution is 9.10. The zero-order valence-corrected chi connectivity index (χ0v) is 12.0. The van der Waals surface area contributed by atoms with Crippen molar-refractivity contribution in [2.75, 3.05) is 31.3 Å². The van der Waals surface area contributed by atoms with E-state index in [-0.39, 0.29) is 11.4 Å². The molecule has 3 N–H and O–H groups in total. The third-order valence-corrected chi connectivity index (χ3v) is 3.06. The lowest BCUT2D eigenvalue weighted by molar-refractivity contribution is 0.157. The van der Waals surface area contributed by atoms with Gasteiger partial charge in [0.15, 0.2) is 0 Å². The molecule has 1 heterocycles. The van der Waals surface area contributed by atoms with Gasteiger partial charge in [-0.25, -0.2) is 4.98 Å². The molecule has 0 radical (unpaired) electrons. The fourth-order valence-electron chi connectivity index (χ4n) is 1.29. The van der Waals surface area contributed by atoms with Gasteiger partial charge in [-0.05, 0) is 27.8 Å². The normalized spacial score (nSPS) is 11.5. The summed E-state index contributed by atoms with van der Waals surface area (Å²) in [6.45, 7) is 5.90. The summed E-state index contributed by atoms with van der Waals surface area (Å²) in [4.78, 5) is 8.03. The van der Waals surface area contributed by atoms with Gasteiger partial charge in [-0.1, -0.05) is 13.8 Å². The zero-order valence-electron chi connectivity index (χ0n) is 10.5. The molecule has 0 atom stereocenters. The Morgan fingerprint density at radius 2 is 2.24 bits per heavy atom. The van der Waals surface area contributed by atoms with Crippen molar-refractivity contribution in [3.05, 3.63) is 10.7 Å². The number of rotatable bonds is 6. The van der Waals surface area contributed by atoms with E-state index in [9.17, 15) is 0 Å². The van der Waals surface area contributed by atoms with Gasteiger partial charge in [0, 0.05) is 26.5 Å². The summed E-state index contributed by atoms with van der Waals surface area (Å²) in [5.41, 5.74) is 5.68. The number of nitrogen functional groups attached to an aromatic ring is 1. The van der Waals surface area contributed by atoms with Crippen LogP contribution in [0, 0.1) is 5.41 Å². The van der Waals surface area contributed by atoms with Gasteiger partial charge in [0.1, 0.15) is 5.82 Å².